The van der Waals surface area contributed by atoms with Crippen LogP contribution in [0.3, 0.4) is 0 Å². The van der Waals surface area contributed by atoms with Crippen LogP contribution in [0.15, 0.2) is 40.2 Å². The third-order valence-corrected chi connectivity index (χ3v) is 3.75. The van der Waals surface area contributed by atoms with E-state index in [1.165, 1.54) is 5.69 Å². The summed E-state index contributed by atoms with van der Waals surface area (Å²) in [6.07, 6.45) is 5.80. The molecule has 2 aromatic heterocycles. The summed E-state index contributed by atoms with van der Waals surface area (Å²) in [5.74, 6) is 0.909. The van der Waals surface area contributed by atoms with Crippen LogP contribution in [0.5, 0.6) is 0 Å². The van der Waals surface area contributed by atoms with Crippen molar-refractivity contribution in [1.29, 1.82) is 0 Å². The Balaban J connectivity index is 0.00000264. The van der Waals surface area contributed by atoms with Gasteiger partial charge in [0.15, 0.2) is 5.96 Å². The van der Waals surface area contributed by atoms with E-state index < -0.39 is 0 Å². The molecule has 2 aromatic rings. The standard InChI is InChI=1S/C15H23BrN6.HI/c1-4-17-15(18-7-9-22-8-5-6-19-22)21(3)12-14-10-13(16)11-20(14)2;/h5-6,8,10-11H,4,7,9,12H2,1-3H3,(H,17,18);1H. The van der Waals surface area contributed by atoms with E-state index in [-0.39, 0.29) is 24.0 Å². The Bertz CT molecular complexity index is 608. The van der Waals surface area contributed by atoms with Crippen LogP contribution in [0.25, 0.3) is 0 Å². The average molecular weight is 495 g/mol. The number of aromatic nitrogens is 3. The third-order valence-electron chi connectivity index (χ3n) is 3.32. The van der Waals surface area contributed by atoms with Crippen LogP contribution in [0.2, 0.25) is 0 Å². The van der Waals surface area contributed by atoms with Crippen LogP contribution in [0, 0.1) is 0 Å². The lowest BCUT2D eigenvalue weighted by Crippen LogP contribution is -2.39. The SMILES string of the molecule is CCNC(=NCCn1cccn1)N(C)Cc1cc(Br)cn1C.I. The van der Waals surface area contributed by atoms with Crippen molar-refractivity contribution >= 4 is 45.9 Å². The smallest absolute Gasteiger partial charge is 0.194 e. The molecular weight excluding hydrogens is 471 g/mol. The van der Waals surface area contributed by atoms with Crippen molar-refractivity contribution in [3.63, 3.8) is 0 Å². The minimum Gasteiger partial charge on any atom is -0.357 e. The van der Waals surface area contributed by atoms with Gasteiger partial charge in [-0.3, -0.25) is 9.67 Å². The monoisotopic (exact) mass is 494 g/mol. The second-order valence-corrected chi connectivity index (χ2v) is 6.04. The predicted molar refractivity (Wildman–Crippen MR) is 108 cm³/mol. The van der Waals surface area contributed by atoms with Gasteiger partial charge in [-0.1, -0.05) is 0 Å². The zero-order chi connectivity index (χ0) is 15.9. The topological polar surface area (TPSA) is 50.4 Å². The molecule has 6 nitrogen and oxygen atoms in total. The first kappa shape index (κ1) is 20.0. The molecule has 2 heterocycles. The summed E-state index contributed by atoms with van der Waals surface area (Å²) < 4.78 is 5.11. The maximum absolute atomic E-state index is 4.67. The summed E-state index contributed by atoms with van der Waals surface area (Å²) in [6.45, 7) is 5.21. The van der Waals surface area contributed by atoms with Gasteiger partial charge in [-0.15, -0.1) is 24.0 Å². The van der Waals surface area contributed by atoms with Crippen molar-refractivity contribution in [2.45, 2.75) is 20.0 Å². The molecule has 1 N–H and O–H groups in total. The Morgan fingerprint density at radius 1 is 1.48 bits per heavy atom. The van der Waals surface area contributed by atoms with E-state index in [1.807, 2.05) is 16.9 Å². The molecule has 0 aromatic carbocycles. The lowest BCUT2D eigenvalue weighted by Gasteiger charge is -2.22. The Labute approximate surface area is 163 Å². The highest BCUT2D eigenvalue weighted by Crippen LogP contribution is 2.14. The quantitative estimate of drug-likeness (QED) is 0.381. The zero-order valence-corrected chi connectivity index (χ0v) is 17.7. The summed E-state index contributed by atoms with van der Waals surface area (Å²) in [5, 5.41) is 7.53. The molecule has 0 aliphatic heterocycles. The van der Waals surface area contributed by atoms with Gasteiger partial charge in [-0.05, 0) is 35.0 Å². The highest BCUT2D eigenvalue weighted by Gasteiger charge is 2.09. The molecule has 23 heavy (non-hydrogen) atoms. The van der Waals surface area contributed by atoms with Crippen LogP contribution in [-0.2, 0) is 20.1 Å². The number of guanidine groups is 1. The molecule has 0 amide bonds. The van der Waals surface area contributed by atoms with Gasteiger partial charge in [0.1, 0.15) is 0 Å². The predicted octanol–water partition coefficient (Wildman–Crippen LogP) is 2.70. The van der Waals surface area contributed by atoms with Gasteiger partial charge in [-0.25, -0.2) is 0 Å². The molecule has 8 heteroatoms. The fourth-order valence-electron chi connectivity index (χ4n) is 2.20. The first-order valence-corrected chi connectivity index (χ1v) is 8.17. The van der Waals surface area contributed by atoms with Crippen molar-refractivity contribution < 1.29 is 0 Å². The molecule has 2 rings (SSSR count). The van der Waals surface area contributed by atoms with Crippen LogP contribution < -0.4 is 5.32 Å². The molecule has 0 aliphatic rings. The van der Waals surface area contributed by atoms with Crippen molar-refractivity contribution in [1.82, 2.24) is 24.6 Å². The fraction of sp³-hybridized carbons (Fsp3) is 0.467. The molecular formula is C15H24BrIN6. The number of hydrogen-bond acceptors (Lipinski definition) is 2. The van der Waals surface area contributed by atoms with Gasteiger partial charge in [0.2, 0.25) is 0 Å². The van der Waals surface area contributed by atoms with E-state index in [1.54, 1.807) is 6.20 Å². The van der Waals surface area contributed by atoms with Gasteiger partial charge in [0, 0.05) is 49.4 Å². The van der Waals surface area contributed by atoms with Gasteiger partial charge in [0.05, 0.1) is 19.6 Å². The van der Waals surface area contributed by atoms with Crippen LogP contribution >= 0.6 is 39.9 Å². The minimum absolute atomic E-state index is 0. The minimum atomic E-state index is 0. The van der Waals surface area contributed by atoms with Crippen molar-refractivity contribution in [2.24, 2.45) is 12.0 Å². The molecule has 0 spiro atoms. The Morgan fingerprint density at radius 2 is 2.26 bits per heavy atom. The van der Waals surface area contributed by atoms with Gasteiger partial charge in [0.25, 0.3) is 0 Å². The summed E-state index contributed by atoms with van der Waals surface area (Å²) in [7, 11) is 4.10. The Morgan fingerprint density at radius 3 is 2.83 bits per heavy atom. The van der Waals surface area contributed by atoms with E-state index in [9.17, 15) is 0 Å². The molecule has 0 atom stereocenters. The van der Waals surface area contributed by atoms with Crippen molar-refractivity contribution in [3.8, 4) is 0 Å². The van der Waals surface area contributed by atoms with E-state index in [2.05, 4.69) is 74.1 Å². The largest absolute Gasteiger partial charge is 0.357 e. The van der Waals surface area contributed by atoms with E-state index in [4.69, 9.17) is 0 Å². The zero-order valence-electron chi connectivity index (χ0n) is 13.7. The molecule has 0 aliphatic carbocycles. The number of halogens is 2. The third kappa shape index (κ3) is 6.17. The number of hydrogen-bond donors (Lipinski definition) is 1. The lowest BCUT2D eigenvalue weighted by molar-refractivity contribution is 0.460. The van der Waals surface area contributed by atoms with Crippen LogP contribution in [0.4, 0.5) is 0 Å². The van der Waals surface area contributed by atoms with Gasteiger partial charge < -0.3 is 14.8 Å². The fourth-order valence-corrected chi connectivity index (χ4v) is 2.77. The first-order valence-electron chi connectivity index (χ1n) is 7.37. The second kappa shape index (κ2) is 9.96. The molecule has 0 bridgehead atoms. The van der Waals surface area contributed by atoms with Crippen LogP contribution in [-0.4, -0.2) is 45.3 Å². The second-order valence-electron chi connectivity index (χ2n) is 5.12. The maximum Gasteiger partial charge on any atom is 0.194 e. The summed E-state index contributed by atoms with van der Waals surface area (Å²) in [6, 6.07) is 4.05. The molecule has 0 saturated carbocycles. The number of rotatable bonds is 6. The molecule has 128 valence electrons. The van der Waals surface area contributed by atoms with Gasteiger partial charge >= 0.3 is 0 Å². The molecule has 0 radical (unpaired) electrons. The van der Waals surface area contributed by atoms with Gasteiger partial charge in [-0.2, -0.15) is 5.10 Å². The maximum atomic E-state index is 4.67. The number of nitrogens with zero attached hydrogens (tertiary/aromatic N) is 5. The van der Waals surface area contributed by atoms with Crippen molar-refractivity contribution in [2.75, 3.05) is 20.1 Å². The van der Waals surface area contributed by atoms with E-state index in [0.29, 0.717) is 6.54 Å². The number of aryl methyl sites for hydroxylation is 1. The van der Waals surface area contributed by atoms with E-state index in [0.717, 1.165) is 30.1 Å². The molecule has 0 unspecified atom stereocenters. The Hall–Kier alpha value is -1.03. The highest BCUT2D eigenvalue weighted by atomic mass is 127. The van der Waals surface area contributed by atoms with E-state index >= 15 is 0 Å². The normalized spacial score (nSPS) is 11.2. The number of nitrogens with one attached hydrogen (secondary N) is 1. The molecule has 0 saturated heterocycles. The average Bonchev–Trinajstić information content (AvgIpc) is 3.08. The van der Waals surface area contributed by atoms with Crippen molar-refractivity contribution in [3.05, 3.63) is 40.9 Å². The summed E-state index contributed by atoms with van der Waals surface area (Å²) in [5.41, 5.74) is 1.23. The first-order chi connectivity index (χ1) is 10.6. The Kier molecular flexibility index (Phi) is 8.67. The number of aliphatic imine (C=N–C) groups is 1. The van der Waals surface area contributed by atoms with Crippen LogP contribution in [0.1, 0.15) is 12.6 Å². The molecule has 0 fully saturated rings. The summed E-state index contributed by atoms with van der Waals surface area (Å²) >= 11 is 3.51. The lowest BCUT2D eigenvalue weighted by atomic mass is 10.4. The summed E-state index contributed by atoms with van der Waals surface area (Å²) in [4.78, 5) is 6.80. The highest BCUT2D eigenvalue weighted by molar-refractivity contribution is 14.0.